The highest BCUT2D eigenvalue weighted by atomic mass is 35.5. The molecule has 2 N–H and O–H groups in total. The lowest BCUT2D eigenvalue weighted by Gasteiger charge is -2.30. The maximum absolute atomic E-state index is 12.2. The molecule has 3 nitrogen and oxygen atoms in total. The minimum absolute atomic E-state index is 0. The summed E-state index contributed by atoms with van der Waals surface area (Å²) in [7, 11) is 0. The van der Waals surface area contributed by atoms with Crippen LogP contribution in [0.5, 0.6) is 0 Å². The molecule has 0 radical (unpaired) electrons. The van der Waals surface area contributed by atoms with Crippen LogP contribution in [0, 0.1) is 11.3 Å². The van der Waals surface area contributed by atoms with Gasteiger partial charge < -0.3 is 10.6 Å². The van der Waals surface area contributed by atoms with E-state index >= 15 is 0 Å². The molecule has 112 valence electrons. The number of hydrogen-bond acceptors (Lipinski definition) is 2. The number of hydrogen-bond donors (Lipinski definition) is 2. The van der Waals surface area contributed by atoms with Crippen molar-refractivity contribution in [3.05, 3.63) is 34.9 Å². The van der Waals surface area contributed by atoms with E-state index in [4.69, 9.17) is 11.6 Å². The lowest BCUT2D eigenvalue weighted by atomic mass is 9.84. The second kappa shape index (κ2) is 7.30. The van der Waals surface area contributed by atoms with Crippen molar-refractivity contribution in [2.24, 2.45) is 11.3 Å². The molecule has 1 aromatic carbocycles. The van der Waals surface area contributed by atoms with Crippen LogP contribution < -0.4 is 10.6 Å². The first-order chi connectivity index (χ1) is 8.97. The van der Waals surface area contributed by atoms with Gasteiger partial charge in [-0.25, -0.2) is 0 Å². The predicted octanol–water partition coefficient (Wildman–Crippen LogP) is 2.67. The van der Waals surface area contributed by atoms with E-state index in [-0.39, 0.29) is 18.3 Å². The molecule has 2 rings (SSSR count). The molecule has 0 aromatic heterocycles. The molecule has 0 unspecified atom stereocenters. The topological polar surface area (TPSA) is 41.1 Å². The van der Waals surface area contributed by atoms with Crippen LogP contribution in [-0.2, 0) is 11.2 Å². The van der Waals surface area contributed by atoms with Gasteiger partial charge in [0.15, 0.2) is 0 Å². The Kier molecular flexibility index (Phi) is 6.31. The molecule has 1 aliphatic heterocycles. The van der Waals surface area contributed by atoms with Crippen molar-refractivity contribution in [2.45, 2.75) is 20.3 Å². The fourth-order valence-corrected chi connectivity index (χ4v) is 2.42. The lowest BCUT2D eigenvalue weighted by molar-refractivity contribution is -0.129. The molecule has 0 spiro atoms. The van der Waals surface area contributed by atoms with Gasteiger partial charge in [-0.15, -0.1) is 12.4 Å². The number of amides is 1. The Morgan fingerprint density at radius 2 is 2.15 bits per heavy atom. The molecular formula is C15H22Cl2N2O. The van der Waals surface area contributed by atoms with Gasteiger partial charge >= 0.3 is 0 Å². The van der Waals surface area contributed by atoms with Gasteiger partial charge in [-0.3, -0.25) is 4.79 Å². The second-order valence-electron chi connectivity index (χ2n) is 5.92. The molecule has 0 aliphatic carbocycles. The molecule has 1 heterocycles. The molecule has 1 fully saturated rings. The summed E-state index contributed by atoms with van der Waals surface area (Å²) in [6, 6.07) is 7.70. The number of rotatable bonds is 5. The smallest absolute Gasteiger partial charge is 0.226 e. The Morgan fingerprint density at radius 3 is 2.70 bits per heavy atom. The van der Waals surface area contributed by atoms with Gasteiger partial charge in [0, 0.05) is 36.0 Å². The van der Waals surface area contributed by atoms with E-state index in [1.54, 1.807) is 0 Å². The van der Waals surface area contributed by atoms with E-state index in [2.05, 4.69) is 10.6 Å². The van der Waals surface area contributed by atoms with Gasteiger partial charge in [0.2, 0.25) is 5.91 Å². The Balaban J connectivity index is 0.00000200. The van der Waals surface area contributed by atoms with E-state index in [9.17, 15) is 4.79 Å². The van der Waals surface area contributed by atoms with Crippen molar-refractivity contribution in [2.75, 3.05) is 19.6 Å². The van der Waals surface area contributed by atoms with Crippen LogP contribution in [-0.4, -0.2) is 25.5 Å². The zero-order valence-corrected chi connectivity index (χ0v) is 13.5. The molecular weight excluding hydrogens is 295 g/mol. The number of nitrogens with one attached hydrogen (secondary N) is 2. The molecule has 20 heavy (non-hydrogen) atoms. The largest absolute Gasteiger partial charge is 0.355 e. The number of carbonyl (C=O) groups is 1. The van der Waals surface area contributed by atoms with E-state index in [0.29, 0.717) is 17.4 Å². The first kappa shape index (κ1) is 17.3. The SMILES string of the molecule is CC(C)(Cc1cccc(Cl)c1)C(=O)NCC1CNC1.Cl. The van der Waals surface area contributed by atoms with Crippen molar-refractivity contribution in [1.82, 2.24) is 10.6 Å². The van der Waals surface area contributed by atoms with E-state index in [1.807, 2.05) is 38.1 Å². The van der Waals surface area contributed by atoms with Crippen LogP contribution in [0.4, 0.5) is 0 Å². The standard InChI is InChI=1S/C15H21ClN2O.ClH/c1-15(2,7-11-4-3-5-13(16)6-11)14(19)18-10-12-8-17-9-12;/h3-6,12,17H,7-10H2,1-2H3,(H,18,19);1H. The third-order valence-corrected chi connectivity index (χ3v) is 3.80. The zero-order chi connectivity index (χ0) is 13.9. The Bertz CT molecular complexity index is 459. The lowest BCUT2D eigenvalue weighted by Crippen LogP contribution is -2.50. The molecule has 0 bridgehead atoms. The summed E-state index contributed by atoms with van der Waals surface area (Å²) in [5.41, 5.74) is 0.681. The quantitative estimate of drug-likeness (QED) is 0.877. The van der Waals surface area contributed by atoms with Crippen LogP contribution in [0.25, 0.3) is 0 Å². The number of carbonyl (C=O) groups excluding carboxylic acids is 1. The predicted molar refractivity (Wildman–Crippen MR) is 85.6 cm³/mol. The highest BCUT2D eigenvalue weighted by Gasteiger charge is 2.29. The van der Waals surface area contributed by atoms with Crippen LogP contribution in [0.1, 0.15) is 19.4 Å². The van der Waals surface area contributed by atoms with Crippen LogP contribution in [0.2, 0.25) is 5.02 Å². The summed E-state index contributed by atoms with van der Waals surface area (Å²) in [5, 5.41) is 6.97. The molecule has 1 saturated heterocycles. The maximum atomic E-state index is 12.2. The van der Waals surface area contributed by atoms with Gasteiger partial charge in [-0.1, -0.05) is 37.6 Å². The first-order valence-corrected chi connectivity index (χ1v) is 7.08. The minimum atomic E-state index is -0.415. The minimum Gasteiger partial charge on any atom is -0.355 e. The van der Waals surface area contributed by atoms with Gasteiger partial charge in [-0.05, 0) is 24.1 Å². The number of benzene rings is 1. The van der Waals surface area contributed by atoms with Crippen LogP contribution >= 0.6 is 24.0 Å². The van der Waals surface area contributed by atoms with E-state index in [0.717, 1.165) is 25.2 Å². The Hall–Kier alpha value is -0.770. The van der Waals surface area contributed by atoms with Crippen molar-refractivity contribution >= 4 is 29.9 Å². The fraction of sp³-hybridized carbons (Fsp3) is 0.533. The average Bonchev–Trinajstić information content (AvgIpc) is 2.26. The summed E-state index contributed by atoms with van der Waals surface area (Å²) in [6.07, 6.45) is 0.697. The molecule has 1 amide bonds. The third kappa shape index (κ3) is 4.65. The second-order valence-corrected chi connectivity index (χ2v) is 6.36. The number of halogens is 2. The van der Waals surface area contributed by atoms with E-state index in [1.165, 1.54) is 0 Å². The van der Waals surface area contributed by atoms with Gasteiger partial charge in [0.1, 0.15) is 0 Å². The van der Waals surface area contributed by atoms with Crippen molar-refractivity contribution < 1.29 is 4.79 Å². The highest BCUT2D eigenvalue weighted by Crippen LogP contribution is 2.24. The van der Waals surface area contributed by atoms with Crippen LogP contribution in [0.3, 0.4) is 0 Å². The average molecular weight is 317 g/mol. The van der Waals surface area contributed by atoms with Gasteiger partial charge in [-0.2, -0.15) is 0 Å². The van der Waals surface area contributed by atoms with Crippen molar-refractivity contribution in [3.8, 4) is 0 Å². The summed E-state index contributed by atoms with van der Waals surface area (Å²) in [5.74, 6) is 0.699. The summed E-state index contributed by atoms with van der Waals surface area (Å²) in [4.78, 5) is 12.2. The third-order valence-electron chi connectivity index (χ3n) is 3.57. The molecule has 1 aromatic rings. The van der Waals surface area contributed by atoms with Crippen molar-refractivity contribution in [3.63, 3.8) is 0 Å². The van der Waals surface area contributed by atoms with Gasteiger partial charge in [0.25, 0.3) is 0 Å². The molecule has 0 atom stereocenters. The Labute approximate surface area is 131 Å². The Morgan fingerprint density at radius 1 is 1.45 bits per heavy atom. The fourth-order valence-electron chi connectivity index (χ4n) is 2.21. The molecule has 0 saturated carbocycles. The van der Waals surface area contributed by atoms with Gasteiger partial charge in [0.05, 0.1) is 0 Å². The maximum Gasteiger partial charge on any atom is 0.226 e. The zero-order valence-electron chi connectivity index (χ0n) is 11.9. The normalized spacial score (nSPS) is 15.2. The summed E-state index contributed by atoms with van der Waals surface area (Å²) >= 11 is 5.97. The van der Waals surface area contributed by atoms with E-state index < -0.39 is 5.41 Å². The molecule has 5 heteroatoms. The molecule has 1 aliphatic rings. The first-order valence-electron chi connectivity index (χ1n) is 6.71. The van der Waals surface area contributed by atoms with Crippen molar-refractivity contribution in [1.29, 1.82) is 0 Å². The summed E-state index contributed by atoms with van der Waals surface area (Å²) in [6.45, 7) is 6.74. The highest BCUT2D eigenvalue weighted by molar-refractivity contribution is 6.30. The summed E-state index contributed by atoms with van der Waals surface area (Å²) < 4.78 is 0. The monoisotopic (exact) mass is 316 g/mol. The van der Waals surface area contributed by atoms with Crippen LogP contribution in [0.15, 0.2) is 24.3 Å².